The SMILES string of the molecule is NC(N)=NCCc1ccc(OCc2ccccc2)cc1.O=C(O)C(F)(F)F. The van der Waals surface area contributed by atoms with Crippen LogP contribution >= 0.6 is 0 Å². The number of carbonyl (C=O) groups is 1. The first-order valence-corrected chi connectivity index (χ1v) is 7.79. The van der Waals surface area contributed by atoms with Crippen LogP contribution in [0.2, 0.25) is 0 Å². The minimum Gasteiger partial charge on any atom is -0.489 e. The molecule has 2 aromatic carbocycles. The topological polar surface area (TPSA) is 111 Å². The van der Waals surface area contributed by atoms with Crippen LogP contribution in [0.5, 0.6) is 5.75 Å². The van der Waals surface area contributed by atoms with Crippen LogP contribution in [0.1, 0.15) is 11.1 Å². The molecule has 27 heavy (non-hydrogen) atoms. The third-order valence-corrected chi connectivity index (χ3v) is 3.11. The number of guanidine groups is 1. The second kappa shape index (κ2) is 10.7. The van der Waals surface area contributed by atoms with Gasteiger partial charge in [0.15, 0.2) is 5.96 Å². The Labute approximate surface area is 154 Å². The molecule has 0 atom stereocenters. The summed E-state index contributed by atoms with van der Waals surface area (Å²) in [5.74, 6) is -1.76. The van der Waals surface area contributed by atoms with Gasteiger partial charge in [0.1, 0.15) is 12.4 Å². The summed E-state index contributed by atoms with van der Waals surface area (Å²) in [6.07, 6.45) is -4.27. The van der Waals surface area contributed by atoms with Crippen LogP contribution in [0.3, 0.4) is 0 Å². The van der Waals surface area contributed by atoms with E-state index in [0.29, 0.717) is 13.2 Å². The van der Waals surface area contributed by atoms with Crippen molar-refractivity contribution in [2.24, 2.45) is 16.5 Å². The second-order valence-electron chi connectivity index (χ2n) is 5.28. The van der Waals surface area contributed by atoms with Crippen LogP contribution < -0.4 is 16.2 Å². The molecule has 146 valence electrons. The number of hydrogen-bond acceptors (Lipinski definition) is 3. The molecule has 0 aromatic heterocycles. The molecule has 0 radical (unpaired) electrons. The van der Waals surface area contributed by atoms with Crippen molar-refractivity contribution in [1.82, 2.24) is 0 Å². The molecule has 0 saturated carbocycles. The van der Waals surface area contributed by atoms with Crippen LogP contribution in [-0.4, -0.2) is 29.8 Å². The summed E-state index contributed by atoms with van der Waals surface area (Å²) in [6.45, 7) is 1.18. The van der Waals surface area contributed by atoms with Gasteiger partial charge in [-0.05, 0) is 29.7 Å². The number of alkyl halides is 3. The van der Waals surface area contributed by atoms with Crippen molar-refractivity contribution >= 4 is 11.9 Å². The van der Waals surface area contributed by atoms with E-state index in [-0.39, 0.29) is 5.96 Å². The molecule has 0 unspecified atom stereocenters. The maximum atomic E-state index is 10.6. The van der Waals surface area contributed by atoms with Gasteiger partial charge in [-0.2, -0.15) is 13.2 Å². The standard InChI is InChI=1S/C16H19N3O.C2HF3O2/c17-16(18)19-11-10-13-6-8-15(9-7-13)20-12-14-4-2-1-3-5-14;3-2(4,5)1(6)7/h1-9H,10-12H2,(H4,17,18,19);(H,6,7). The third kappa shape index (κ3) is 9.73. The number of rotatable bonds is 6. The Morgan fingerprint density at radius 1 is 1.00 bits per heavy atom. The maximum absolute atomic E-state index is 10.6. The number of aliphatic carboxylic acids is 1. The van der Waals surface area contributed by atoms with Crippen molar-refractivity contribution in [2.45, 2.75) is 19.2 Å². The zero-order chi connectivity index (χ0) is 20.3. The molecule has 2 aromatic rings. The van der Waals surface area contributed by atoms with E-state index in [0.717, 1.165) is 17.7 Å². The predicted octanol–water partition coefficient (Wildman–Crippen LogP) is 2.71. The van der Waals surface area contributed by atoms with Crippen molar-refractivity contribution in [3.63, 3.8) is 0 Å². The van der Waals surface area contributed by atoms with E-state index < -0.39 is 12.1 Å². The van der Waals surface area contributed by atoms with Gasteiger partial charge >= 0.3 is 12.1 Å². The van der Waals surface area contributed by atoms with Gasteiger partial charge in [0.05, 0.1) is 0 Å². The first kappa shape index (κ1) is 21.8. The van der Waals surface area contributed by atoms with Gasteiger partial charge in [-0.3, -0.25) is 4.99 Å². The molecule has 0 aliphatic carbocycles. The van der Waals surface area contributed by atoms with Crippen molar-refractivity contribution in [3.05, 3.63) is 65.7 Å². The average molecular weight is 383 g/mol. The monoisotopic (exact) mass is 383 g/mol. The summed E-state index contributed by atoms with van der Waals surface area (Å²) >= 11 is 0. The molecule has 0 fully saturated rings. The van der Waals surface area contributed by atoms with Gasteiger partial charge in [0.25, 0.3) is 0 Å². The van der Waals surface area contributed by atoms with Gasteiger partial charge in [-0.15, -0.1) is 0 Å². The van der Waals surface area contributed by atoms with Gasteiger partial charge in [0.2, 0.25) is 0 Å². The molecule has 0 aliphatic rings. The Balaban J connectivity index is 0.000000445. The molecule has 0 aliphatic heterocycles. The highest BCUT2D eigenvalue weighted by molar-refractivity contribution is 5.75. The number of halogens is 3. The largest absolute Gasteiger partial charge is 0.490 e. The number of benzene rings is 2. The molecule has 5 N–H and O–H groups in total. The number of aliphatic imine (C=N–C) groups is 1. The first-order chi connectivity index (χ1) is 12.7. The molecule has 0 spiro atoms. The summed E-state index contributed by atoms with van der Waals surface area (Å²) in [4.78, 5) is 12.9. The molecule has 0 bridgehead atoms. The molecular weight excluding hydrogens is 363 g/mol. The van der Waals surface area contributed by atoms with Gasteiger partial charge in [-0.25, -0.2) is 4.79 Å². The van der Waals surface area contributed by atoms with Gasteiger partial charge in [0, 0.05) is 6.54 Å². The zero-order valence-corrected chi connectivity index (χ0v) is 14.3. The lowest BCUT2D eigenvalue weighted by Crippen LogP contribution is -2.23. The quantitative estimate of drug-likeness (QED) is 0.525. The van der Waals surface area contributed by atoms with E-state index in [1.807, 2.05) is 54.6 Å². The lowest BCUT2D eigenvalue weighted by molar-refractivity contribution is -0.192. The zero-order valence-electron chi connectivity index (χ0n) is 14.3. The molecule has 0 amide bonds. The fourth-order valence-corrected chi connectivity index (χ4v) is 1.81. The molecule has 0 heterocycles. The van der Waals surface area contributed by atoms with Crippen molar-refractivity contribution in [1.29, 1.82) is 0 Å². The van der Waals surface area contributed by atoms with Crippen LogP contribution in [0.25, 0.3) is 0 Å². The summed E-state index contributed by atoms with van der Waals surface area (Å²) in [7, 11) is 0. The Hall–Kier alpha value is -3.23. The molecular formula is C18H20F3N3O3. The highest BCUT2D eigenvalue weighted by atomic mass is 19.4. The van der Waals surface area contributed by atoms with E-state index in [2.05, 4.69) is 4.99 Å². The van der Waals surface area contributed by atoms with Crippen molar-refractivity contribution in [2.75, 3.05) is 6.54 Å². The van der Waals surface area contributed by atoms with Crippen LogP contribution in [0, 0.1) is 0 Å². The van der Waals surface area contributed by atoms with Gasteiger partial charge < -0.3 is 21.3 Å². The molecule has 0 saturated heterocycles. The minimum absolute atomic E-state index is 0.132. The molecule has 2 rings (SSSR count). The van der Waals surface area contributed by atoms with Crippen LogP contribution in [-0.2, 0) is 17.8 Å². The Morgan fingerprint density at radius 3 is 2.04 bits per heavy atom. The second-order valence-corrected chi connectivity index (χ2v) is 5.28. The summed E-state index contributed by atoms with van der Waals surface area (Å²) in [5, 5.41) is 7.12. The highest BCUT2D eigenvalue weighted by Crippen LogP contribution is 2.15. The number of hydrogen-bond donors (Lipinski definition) is 3. The van der Waals surface area contributed by atoms with Crippen molar-refractivity contribution in [3.8, 4) is 5.75 Å². The van der Waals surface area contributed by atoms with E-state index in [1.165, 1.54) is 5.56 Å². The predicted molar refractivity (Wildman–Crippen MR) is 95.3 cm³/mol. The third-order valence-electron chi connectivity index (χ3n) is 3.11. The lowest BCUT2D eigenvalue weighted by Gasteiger charge is -2.07. The molecule has 9 heteroatoms. The number of nitrogens with zero attached hydrogens (tertiary/aromatic N) is 1. The molecule has 6 nitrogen and oxygen atoms in total. The summed E-state index contributed by atoms with van der Waals surface area (Å²) in [5.41, 5.74) is 12.9. The van der Waals surface area contributed by atoms with E-state index in [1.54, 1.807) is 0 Å². The van der Waals surface area contributed by atoms with Crippen molar-refractivity contribution < 1.29 is 27.8 Å². The normalized spacial score (nSPS) is 10.3. The van der Waals surface area contributed by atoms with Crippen LogP contribution in [0.4, 0.5) is 13.2 Å². The Morgan fingerprint density at radius 2 is 1.56 bits per heavy atom. The van der Waals surface area contributed by atoms with Gasteiger partial charge in [-0.1, -0.05) is 42.5 Å². The minimum atomic E-state index is -5.08. The van der Waals surface area contributed by atoms with Crippen LogP contribution in [0.15, 0.2) is 59.6 Å². The first-order valence-electron chi connectivity index (χ1n) is 7.79. The highest BCUT2D eigenvalue weighted by Gasteiger charge is 2.38. The summed E-state index contributed by atoms with van der Waals surface area (Å²) in [6, 6.07) is 18.1. The maximum Gasteiger partial charge on any atom is 0.490 e. The summed E-state index contributed by atoms with van der Waals surface area (Å²) < 4.78 is 37.5. The van der Waals surface area contributed by atoms with E-state index in [9.17, 15) is 13.2 Å². The van der Waals surface area contributed by atoms with E-state index >= 15 is 0 Å². The number of nitrogens with two attached hydrogens (primary N) is 2. The number of carboxylic acids is 1. The Kier molecular flexibility index (Phi) is 8.64. The Bertz CT molecular complexity index is 729. The average Bonchev–Trinajstić information content (AvgIpc) is 2.61. The lowest BCUT2D eigenvalue weighted by atomic mass is 10.1. The number of carboxylic acid groups (broad SMARTS) is 1. The fraction of sp³-hybridized carbons (Fsp3) is 0.222. The van der Waals surface area contributed by atoms with E-state index in [4.69, 9.17) is 26.1 Å². The smallest absolute Gasteiger partial charge is 0.489 e. The number of ether oxygens (including phenoxy) is 1. The fourth-order valence-electron chi connectivity index (χ4n) is 1.81.